The monoisotopic (exact) mass is 488 g/mol. The first-order chi connectivity index (χ1) is 16.8. The fourth-order valence-electron chi connectivity index (χ4n) is 3.18. The molecule has 0 saturated carbocycles. The van der Waals surface area contributed by atoms with Gasteiger partial charge in [0.1, 0.15) is 11.8 Å². The smallest absolute Gasteiger partial charge is 0.343 e. The molecule has 35 heavy (non-hydrogen) atoms. The predicted octanol–water partition coefficient (Wildman–Crippen LogP) is 3.36. The number of halogens is 1. The van der Waals surface area contributed by atoms with E-state index in [9.17, 15) is 23.6 Å². The summed E-state index contributed by atoms with van der Waals surface area (Å²) in [5.41, 5.74) is 2.28. The SMILES string of the molecule is O=C(O)CC[C@H](NC(=O)NCCc1ccc(OC(=O)c2ccc(CCCCF)cc2)cc1)C(=O)O. The molecule has 0 radical (unpaired) electrons. The molecule has 2 aromatic carbocycles. The van der Waals surface area contributed by atoms with Gasteiger partial charge in [0, 0.05) is 13.0 Å². The number of hydrogen-bond acceptors (Lipinski definition) is 5. The van der Waals surface area contributed by atoms with Crippen LogP contribution in [0.2, 0.25) is 0 Å². The lowest BCUT2D eigenvalue weighted by molar-refractivity contribution is -0.140. The lowest BCUT2D eigenvalue weighted by Crippen LogP contribution is -2.46. The number of carbonyl (C=O) groups is 4. The Hall–Kier alpha value is -3.95. The van der Waals surface area contributed by atoms with Gasteiger partial charge in [0.05, 0.1) is 12.2 Å². The summed E-state index contributed by atoms with van der Waals surface area (Å²) in [6, 6.07) is 11.7. The molecule has 0 fully saturated rings. The number of nitrogens with one attached hydrogen (secondary N) is 2. The molecular weight excluding hydrogens is 459 g/mol. The molecule has 4 N–H and O–H groups in total. The van der Waals surface area contributed by atoms with E-state index >= 15 is 0 Å². The van der Waals surface area contributed by atoms with Crippen molar-refractivity contribution in [3.05, 3.63) is 65.2 Å². The molecule has 0 bridgehead atoms. The van der Waals surface area contributed by atoms with E-state index < -0.39 is 30.0 Å². The van der Waals surface area contributed by atoms with Gasteiger partial charge in [0.15, 0.2) is 0 Å². The topological polar surface area (TPSA) is 142 Å². The van der Waals surface area contributed by atoms with Crippen molar-refractivity contribution in [2.75, 3.05) is 13.2 Å². The van der Waals surface area contributed by atoms with Crippen LogP contribution < -0.4 is 15.4 Å². The average Bonchev–Trinajstić information content (AvgIpc) is 2.83. The molecule has 0 spiro atoms. The van der Waals surface area contributed by atoms with Crippen molar-refractivity contribution < 1.29 is 38.5 Å². The van der Waals surface area contributed by atoms with Crippen LogP contribution in [-0.2, 0) is 22.4 Å². The molecular formula is C25H29FN2O7. The summed E-state index contributed by atoms with van der Waals surface area (Å²) >= 11 is 0. The number of aryl methyl sites for hydroxylation is 1. The van der Waals surface area contributed by atoms with Crippen molar-refractivity contribution in [1.82, 2.24) is 10.6 Å². The highest BCUT2D eigenvalue weighted by Crippen LogP contribution is 2.16. The van der Waals surface area contributed by atoms with E-state index in [2.05, 4.69) is 10.6 Å². The van der Waals surface area contributed by atoms with Crippen LogP contribution in [0.4, 0.5) is 9.18 Å². The molecule has 0 aliphatic carbocycles. The van der Waals surface area contributed by atoms with Gasteiger partial charge in [-0.05, 0) is 67.5 Å². The minimum absolute atomic E-state index is 0.216. The fourth-order valence-corrected chi connectivity index (χ4v) is 3.18. The molecule has 0 unspecified atom stereocenters. The number of amides is 2. The zero-order valence-electron chi connectivity index (χ0n) is 19.2. The summed E-state index contributed by atoms with van der Waals surface area (Å²) in [7, 11) is 0. The molecule has 2 aromatic rings. The van der Waals surface area contributed by atoms with Crippen LogP contribution in [0, 0.1) is 0 Å². The van der Waals surface area contributed by atoms with Gasteiger partial charge in [-0.1, -0.05) is 24.3 Å². The highest BCUT2D eigenvalue weighted by molar-refractivity contribution is 5.91. The van der Waals surface area contributed by atoms with Crippen molar-refractivity contribution >= 4 is 23.9 Å². The van der Waals surface area contributed by atoms with Crippen LogP contribution in [-0.4, -0.2) is 53.4 Å². The first kappa shape index (κ1) is 27.3. The molecule has 2 amide bonds. The number of urea groups is 1. The molecule has 188 valence electrons. The van der Waals surface area contributed by atoms with Crippen molar-refractivity contribution in [3.63, 3.8) is 0 Å². The lowest BCUT2D eigenvalue weighted by Gasteiger charge is -2.14. The van der Waals surface area contributed by atoms with Gasteiger partial charge < -0.3 is 25.6 Å². The van der Waals surface area contributed by atoms with E-state index in [1.165, 1.54) is 0 Å². The molecule has 10 heteroatoms. The first-order valence-electron chi connectivity index (χ1n) is 11.2. The number of carboxylic acids is 2. The van der Waals surface area contributed by atoms with Crippen LogP contribution in [0.15, 0.2) is 48.5 Å². The second-order valence-electron chi connectivity index (χ2n) is 7.85. The van der Waals surface area contributed by atoms with Crippen molar-refractivity contribution in [2.24, 2.45) is 0 Å². The average molecular weight is 489 g/mol. The van der Waals surface area contributed by atoms with Gasteiger partial charge in [-0.2, -0.15) is 0 Å². The minimum atomic E-state index is -1.31. The molecule has 0 aliphatic rings. The van der Waals surface area contributed by atoms with E-state index in [1.54, 1.807) is 36.4 Å². The normalized spacial score (nSPS) is 11.3. The van der Waals surface area contributed by atoms with E-state index in [0.717, 1.165) is 24.0 Å². The molecule has 0 aliphatic heterocycles. The number of rotatable bonds is 14. The maximum Gasteiger partial charge on any atom is 0.343 e. The fraction of sp³-hybridized carbons (Fsp3) is 0.360. The summed E-state index contributed by atoms with van der Waals surface area (Å²) in [6.07, 6.45) is 1.87. The number of carboxylic acid groups (broad SMARTS) is 2. The Bertz CT molecular complexity index is 994. The summed E-state index contributed by atoms with van der Waals surface area (Å²) in [4.78, 5) is 45.9. The number of carbonyl (C=O) groups excluding carboxylic acids is 2. The van der Waals surface area contributed by atoms with E-state index in [0.29, 0.717) is 24.2 Å². The summed E-state index contributed by atoms with van der Waals surface area (Å²) in [5, 5.41) is 22.5. The zero-order chi connectivity index (χ0) is 25.6. The van der Waals surface area contributed by atoms with E-state index in [1.807, 2.05) is 12.1 Å². The Balaban J connectivity index is 1.77. The van der Waals surface area contributed by atoms with E-state index in [4.69, 9.17) is 14.9 Å². The molecule has 0 heterocycles. The summed E-state index contributed by atoms with van der Waals surface area (Å²) in [5.74, 6) is -2.59. The maximum absolute atomic E-state index is 12.3. The molecule has 1 atom stereocenters. The number of aliphatic carboxylic acids is 2. The highest BCUT2D eigenvalue weighted by atomic mass is 19.1. The van der Waals surface area contributed by atoms with Gasteiger partial charge >= 0.3 is 23.9 Å². The molecule has 0 saturated heterocycles. The number of esters is 1. The predicted molar refractivity (Wildman–Crippen MR) is 125 cm³/mol. The van der Waals surface area contributed by atoms with Crippen LogP contribution >= 0.6 is 0 Å². The van der Waals surface area contributed by atoms with Gasteiger partial charge in [-0.15, -0.1) is 0 Å². The third-order valence-corrected chi connectivity index (χ3v) is 5.12. The zero-order valence-corrected chi connectivity index (χ0v) is 19.2. The largest absolute Gasteiger partial charge is 0.481 e. The number of benzene rings is 2. The van der Waals surface area contributed by atoms with Gasteiger partial charge in [-0.25, -0.2) is 14.4 Å². The first-order valence-corrected chi connectivity index (χ1v) is 11.2. The Morgan fingerprint density at radius 2 is 1.51 bits per heavy atom. The number of ether oxygens (including phenoxy) is 1. The number of hydrogen-bond donors (Lipinski definition) is 4. The van der Waals surface area contributed by atoms with Gasteiger partial charge in [0.25, 0.3) is 0 Å². The second-order valence-corrected chi connectivity index (χ2v) is 7.85. The number of alkyl halides is 1. The van der Waals surface area contributed by atoms with Crippen LogP contribution in [0.5, 0.6) is 5.75 Å². The summed E-state index contributed by atoms with van der Waals surface area (Å²) < 4.78 is 17.6. The Morgan fingerprint density at radius 1 is 0.886 bits per heavy atom. The van der Waals surface area contributed by atoms with Gasteiger partial charge in [0.2, 0.25) is 0 Å². The minimum Gasteiger partial charge on any atom is -0.481 e. The van der Waals surface area contributed by atoms with Crippen LogP contribution in [0.1, 0.15) is 47.2 Å². The third kappa shape index (κ3) is 10.2. The van der Waals surface area contributed by atoms with Crippen LogP contribution in [0.25, 0.3) is 0 Å². The van der Waals surface area contributed by atoms with Crippen molar-refractivity contribution in [1.29, 1.82) is 0 Å². The Kier molecular flexibility index (Phi) is 11.2. The highest BCUT2D eigenvalue weighted by Gasteiger charge is 2.20. The van der Waals surface area contributed by atoms with Crippen LogP contribution in [0.3, 0.4) is 0 Å². The molecule has 0 aromatic heterocycles. The quantitative estimate of drug-likeness (QED) is 0.181. The number of unbranched alkanes of at least 4 members (excludes halogenated alkanes) is 1. The molecule has 9 nitrogen and oxygen atoms in total. The standard InChI is InChI=1S/C25H29FN2O7/c26-15-2-1-3-17-4-8-19(9-5-17)24(33)35-20-10-6-18(7-11-20)14-16-27-25(34)28-21(23(31)32)12-13-22(29)30/h4-11,21H,1-3,12-16H2,(H,29,30)(H,31,32)(H2,27,28,34)/t21-/m0/s1. The van der Waals surface area contributed by atoms with E-state index in [-0.39, 0.29) is 26.1 Å². The Morgan fingerprint density at radius 3 is 2.11 bits per heavy atom. The maximum atomic E-state index is 12.3. The van der Waals surface area contributed by atoms with Crippen molar-refractivity contribution in [3.8, 4) is 5.75 Å². The third-order valence-electron chi connectivity index (χ3n) is 5.12. The summed E-state index contributed by atoms with van der Waals surface area (Å²) in [6.45, 7) is -0.119. The van der Waals surface area contributed by atoms with Gasteiger partial charge in [-0.3, -0.25) is 9.18 Å². The second kappa shape index (κ2) is 14.3. The molecule has 2 rings (SSSR count). The lowest BCUT2D eigenvalue weighted by atomic mass is 10.1. The Labute approximate surface area is 202 Å². The van der Waals surface area contributed by atoms with Crippen molar-refractivity contribution in [2.45, 2.75) is 44.6 Å².